The lowest BCUT2D eigenvalue weighted by Gasteiger charge is -2.28. The first kappa shape index (κ1) is 11.4. The summed E-state index contributed by atoms with van der Waals surface area (Å²) >= 11 is 0. The third kappa shape index (κ3) is 2.40. The summed E-state index contributed by atoms with van der Waals surface area (Å²) in [5.41, 5.74) is 12.6. The van der Waals surface area contributed by atoms with Crippen molar-refractivity contribution in [3.05, 3.63) is 24.3 Å². The van der Waals surface area contributed by atoms with Crippen molar-refractivity contribution in [1.29, 1.82) is 0 Å². The van der Waals surface area contributed by atoms with Gasteiger partial charge in [0.25, 0.3) is 0 Å². The zero-order valence-electron chi connectivity index (χ0n) is 9.10. The van der Waals surface area contributed by atoms with Gasteiger partial charge in [0.05, 0.1) is 11.4 Å². The minimum atomic E-state index is -0.348. The van der Waals surface area contributed by atoms with Crippen molar-refractivity contribution in [2.45, 2.75) is 19.9 Å². The van der Waals surface area contributed by atoms with Gasteiger partial charge in [0.15, 0.2) is 0 Å². The first-order chi connectivity index (χ1) is 7.07. The SMILES string of the molecule is CCN(c1ccccc1N)C(C)C(N)=O. The second-order valence-electron chi connectivity index (χ2n) is 3.42. The summed E-state index contributed by atoms with van der Waals surface area (Å²) < 4.78 is 0. The van der Waals surface area contributed by atoms with Gasteiger partial charge < -0.3 is 16.4 Å². The molecule has 0 heterocycles. The second-order valence-corrected chi connectivity index (χ2v) is 3.42. The Morgan fingerprint density at radius 1 is 1.47 bits per heavy atom. The maximum absolute atomic E-state index is 11.1. The summed E-state index contributed by atoms with van der Waals surface area (Å²) in [5.74, 6) is -0.347. The van der Waals surface area contributed by atoms with E-state index >= 15 is 0 Å². The molecule has 0 saturated carbocycles. The fourth-order valence-corrected chi connectivity index (χ4v) is 1.56. The maximum Gasteiger partial charge on any atom is 0.239 e. The molecule has 0 spiro atoms. The molecule has 0 saturated heterocycles. The highest BCUT2D eigenvalue weighted by molar-refractivity contribution is 5.84. The second kappa shape index (κ2) is 4.68. The van der Waals surface area contributed by atoms with Crippen LogP contribution in [-0.2, 0) is 4.79 Å². The van der Waals surface area contributed by atoms with Gasteiger partial charge in [0.1, 0.15) is 6.04 Å². The summed E-state index contributed by atoms with van der Waals surface area (Å²) in [7, 11) is 0. The normalized spacial score (nSPS) is 12.1. The van der Waals surface area contributed by atoms with Crippen LogP contribution in [0.5, 0.6) is 0 Å². The largest absolute Gasteiger partial charge is 0.397 e. The lowest BCUT2D eigenvalue weighted by Crippen LogP contribution is -2.43. The number of likely N-dealkylation sites (N-methyl/N-ethyl adjacent to an activating group) is 1. The number of amides is 1. The van der Waals surface area contributed by atoms with Gasteiger partial charge >= 0.3 is 0 Å². The number of primary amides is 1. The first-order valence-corrected chi connectivity index (χ1v) is 4.98. The van der Waals surface area contributed by atoms with Gasteiger partial charge in [-0.25, -0.2) is 0 Å². The molecule has 0 aliphatic carbocycles. The van der Waals surface area contributed by atoms with Gasteiger partial charge in [-0.05, 0) is 26.0 Å². The van der Waals surface area contributed by atoms with Gasteiger partial charge in [0, 0.05) is 6.54 Å². The van der Waals surface area contributed by atoms with E-state index in [1.807, 2.05) is 36.1 Å². The van der Waals surface area contributed by atoms with E-state index in [2.05, 4.69) is 0 Å². The fraction of sp³-hybridized carbons (Fsp3) is 0.364. The highest BCUT2D eigenvalue weighted by Gasteiger charge is 2.18. The van der Waals surface area contributed by atoms with Crippen LogP contribution in [0.1, 0.15) is 13.8 Å². The molecule has 1 aromatic carbocycles. The van der Waals surface area contributed by atoms with Crippen molar-refractivity contribution in [1.82, 2.24) is 0 Å². The monoisotopic (exact) mass is 207 g/mol. The Balaban J connectivity index is 3.02. The number of para-hydroxylation sites is 2. The summed E-state index contributed by atoms with van der Waals surface area (Å²) in [6, 6.07) is 7.10. The van der Waals surface area contributed by atoms with Crippen LogP contribution in [0.4, 0.5) is 11.4 Å². The van der Waals surface area contributed by atoms with Crippen molar-refractivity contribution < 1.29 is 4.79 Å². The molecule has 4 N–H and O–H groups in total. The molecular formula is C11H17N3O. The van der Waals surface area contributed by atoms with E-state index in [9.17, 15) is 4.79 Å². The summed E-state index contributed by atoms with van der Waals surface area (Å²) in [5, 5.41) is 0. The molecular weight excluding hydrogens is 190 g/mol. The average molecular weight is 207 g/mol. The van der Waals surface area contributed by atoms with Crippen molar-refractivity contribution in [3.63, 3.8) is 0 Å². The molecule has 1 atom stereocenters. The molecule has 4 nitrogen and oxygen atoms in total. The van der Waals surface area contributed by atoms with Crippen LogP contribution >= 0.6 is 0 Å². The molecule has 1 amide bonds. The molecule has 0 radical (unpaired) electrons. The minimum absolute atomic E-state index is 0.347. The van der Waals surface area contributed by atoms with Crippen LogP contribution in [0, 0.1) is 0 Å². The minimum Gasteiger partial charge on any atom is -0.397 e. The standard InChI is InChI=1S/C11H17N3O/c1-3-14(8(2)11(13)15)10-7-5-4-6-9(10)12/h4-8H,3,12H2,1-2H3,(H2,13,15). The zero-order valence-corrected chi connectivity index (χ0v) is 9.10. The van der Waals surface area contributed by atoms with Gasteiger partial charge in [-0.3, -0.25) is 4.79 Å². The van der Waals surface area contributed by atoms with Gasteiger partial charge in [-0.2, -0.15) is 0 Å². The van der Waals surface area contributed by atoms with Crippen LogP contribution in [0.2, 0.25) is 0 Å². The summed E-state index contributed by atoms with van der Waals surface area (Å²) in [6.45, 7) is 4.43. The topological polar surface area (TPSA) is 72.3 Å². The van der Waals surface area contributed by atoms with E-state index in [4.69, 9.17) is 11.5 Å². The predicted octanol–water partition coefficient (Wildman–Crippen LogP) is 0.969. The van der Waals surface area contributed by atoms with Gasteiger partial charge in [-0.15, -0.1) is 0 Å². The van der Waals surface area contributed by atoms with E-state index in [0.717, 1.165) is 5.69 Å². The lowest BCUT2D eigenvalue weighted by atomic mass is 10.2. The third-order valence-electron chi connectivity index (χ3n) is 2.47. The average Bonchev–Trinajstić information content (AvgIpc) is 2.21. The highest BCUT2D eigenvalue weighted by atomic mass is 16.1. The Morgan fingerprint density at radius 3 is 2.53 bits per heavy atom. The number of hydrogen-bond donors (Lipinski definition) is 2. The molecule has 0 aliphatic heterocycles. The van der Waals surface area contributed by atoms with Crippen LogP contribution in [0.15, 0.2) is 24.3 Å². The van der Waals surface area contributed by atoms with E-state index in [-0.39, 0.29) is 11.9 Å². The van der Waals surface area contributed by atoms with E-state index in [0.29, 0.717) is 12.2 Å². The van der Waals surface area contributed by atoms with E-state index in [1.54, 1.807) is 6.92 Å². The Morgan fingerprint density at radius 2 is 2.07 bits per heavy atom. The number of rotatable bonds is 4. The number of carbonyl (C=O) groups is 1. The van der Waals surface area contributed by atoms with Crippen molar-refractivity contribution in [2.24, 2.45) is 5.73 Å². The number of anilines is 2. The molecule has 1 rings (SSSR count). The van der Waals surface area contributed by atoms with Gasteiger partial charge in [-0.1, -0.05) is 12.1 Å². The van der Waals surface area contributed by atoms with Crippen molar-refractivity contribution in [2.75, 3.05) is 17.2 Å². The number of nitrogens with two attached hydrogens (primary N) is 2. The first-order valence-electron chi connectivity index (χ1n) is 4.98. The lowest BCUT2D eigenvalue weighted by molar-refractivity contribution is -0.118. The molecule has 0 aliphatic rings. The summed E-state index contributed by atoms with van der Waals surface area (Å²) in [4.78, 5) is 13.0. The Hall–Kier alpha value is -1.71. The number of nitrogen functional groups attached to an aromatic ring is 1. The number of carbonyl (C=O) groups excluding carboxylic acids is 1. The molecule has 0 bridgehead atoms. The van der Waals surface area contributed by atoms with E-state index in [1.165, 1.54) is 0 Å². The molecule has 1 aromatic rings. The van der Waals surface area contributed by atoms with Crippen LogP contribution in [0.25, 0.3) is 0 Å². The molecule has 4 heteroatoms. The fourth-order valence-electron chi connectivity index (χ4n) is 1.56. The Labute approximate surface area is 89.9 Å². The molecule has 0 aromatic heterocycles. The highest BCUT2D eigenvalue weighted by Crippen LogP contribution is 2.23. The quantitative estimate of drug-likeness (QED) is 0.722. The molecule has 82 valence electrons. The van der Waals surface area contributed by atoms with E-state index < -0.39 is 0 Å². The summed E-state index contributed by atoms with van der Waals surface area (Å²) in [6.07, 6.45) is 0. The third-order valence-corrected chi connectivity index (χ3v) is 2.47. The maximum atomic E-state index is 11.1. The van der Waals surface area contributed by atoms with Crippen LogP contribution < -0.4 is 16.4 Å². The Bertz CT molecular complexity index is 351. The van der Waals surface area contributed by atoms with Crippen LogP contribution in [-0.4, -0.2) is 18.5 Å². The molecule has 15 heavy (non-hydrogen) atoms. The number of benzene rings is 1. The zero-order chi connectivity index (χ0) is 11.4. The molecule has 1 unspecified atom stereocenters. The predicted molar refractivity (Wildman–Crippen MR) is 62.5 cm³/mol. The Kier molecular flexibility index (Phi) is 3.55. The molecule has 0 fully saturated rings. The number of hydrogen-bond acceptors (Lipinski definition) is 3. The smallest absolute Gasteiger partial charge is 0.239 e. The van der Waals surface area contributed by atoms with Gasteiger partial charge in [0.2, 0.25) is 5.91 Å². The number of nitrogens with zero attached hydrogens (tertiary/aromatic N) is 1. The van der Waals surface area contributed by atoms with Crippen LogP contribution in [0.3, 0.4) is 0 Å². The van der Waals surface area contributed by atoms with Crippen molar-refractivity contribution >= 4 is 17.3 Å². The van der Waals surface area contributed by atoms with Crippen molar-refractivity contribution in [3.8, 4) is 0 Å².